The number of nitrogens with one attached hydrogen (secondary N) is 1. The number of nitrogens with zero attached hydrogens (tertiary/aromatic N) is 5. The summed E-state index contributed by atoms with van der Waals surface area (Å²) in [5, 5.41) is 3.84. The molecule has 0 bridgehead atoms. The molecule has 1 aromatic carbocycles. The van der Waals surface area contributed by atoms with Gasteiger partial charge in [0.25, 0.3) is 11.8 Å². The summed E-state index contributed by atoms with van der Waals surface area (Å²) in [7, 11) is 2.63. The van der Waals surface area contributed by atoms with Crippen LogP contribution in [0.25, 0.3) is 11.4 Å². The molecule has 0 aliphatic heterocycles. The first-order chi connectivity index (χ1) is 15.2. The van der Waals surface area contributed by atoms with Crippen molar-refractivity contribution in [3.63, 3.8) is 0 Å². The van der Waals surface area contributed by atoms with Crippen LogP contribution in [0.1, 0.15) is 36.7 Å². The zero-order valence-corrected chi connectivity index (χ0v) is 19.2. The fraction of sp³-hybridized carbons (Fsp3) is 0.318. The number of halogens is 2. The second-order valence-corrected chi connectivity index (χ2v) is 7.97. The van der Waals surface area contributed by atoms with E-state index in [-0.39, 0.29) is 23.5 Å². The van der Waals surface area contributed by atoms with Gasteiger partial charge in [0.15, 0.2) is 5.82 Å². The van der Waals surface area contributed by atoms with Gasteiger partial charge in [0, 0.05) is 56.4 Å². The van der Waals surface area contributed by atoms with Crippen molar-refractivity contribution in [2.45, 2.75) is 32.7 Å². The van der Waals surface area contributed by atoms with Gasteiger partial charge in [-0.15, -0.1) is 9.24 Å². The molecule has 1 N–H and O–H groups in total. The normalized spacial score (nSPS) is 12.3. The Hall–Kier alpha value is -3.06. The molecular formula is C22H25F2N6OP. The van der Waals surface area contributed by atoms with Crippen LogP contribution in [0.4, 0.5) is 14.7 Å². The van der Waals surface area contributed by atoms with Crippen LogP contribution in [0.2, 0.25) is 0 Å². The molecule has 0 aliphatic carbocycles. The molecule has 2 heterocycles. The number of rotatable bonds is 8. The van der Waals surface area contributed by atoms with E-state index in [0.717, 1.165) is 24.6 Å². The third kappa shape index (κ3) is 5.40. The van der Waals surface area contributed by atoms with Crippen molar-refractivity contribution in [2.24, 2.45) is 0 Å². The minimum Gasteiger partial charge on any atom is -0.352 e. The van der Waals surface area contributed by atoms with E-state index >= 15 is 0 Å². The number of aromatic nitrogens is 4. The van der Waals surface area contributed by atoms with Crippen molar-refractivity contribution >= 4 is 26.4 Å². The van der Waals surface area contributed by atoms with Gasteiger partial charge in [0.05, 0.1) is 11.1 Å². The highest BCUT2D eigenvalue weighted by molar-refractivity contribution is 7.28. The third-order valence-electron chi connectivity index (χ3n) is 4.96. The van der Waals surface area contributed by atoms with Crippen molar-refractivity contribution in [3.8, 4) is 11.4 Å². The molecule has 1 amide bonds. The maximum atomic E-state index is 13.4. The number of hydrogen-bond acceptors (Lipinski definition) is 6. The van der Waals surface area contributed by atoms with Crippen LogP contribution >= 0.6 is 9.24 Å². The summed E-state index contributed by atoms with van der Waals surface area (Å²) in [6, 6.07) is 6.96. The van der Waals surface area contributed by atoms with E-state index in [1.807, 2.05) is 26.0 Å². The van der Waals surface area contributed by atoms with E-state index in [1.54, 1.807) is 29.4 Å². The van der Waals surface area contributed by atoms with Gasteiger partial charge in [0.2, 0.25) is 5.95 Å². The maximum Gasteiger partial charge on any atom is 0.273 e. The molecule has 0 saturated heterocycles. The van der Waals surface area contributed by atoms with Gasteiger partial charge in [-0.25, -0.2) is 28.7 Å². The molecule has 0 fully saturated rings. The summed E-state index contributed by atoms with van der Waals surface area (Å²) >= 11 is 0. The second kappa shape index (κ2) is 10.0. The van der Waals surface area contributed by atoms with Crippen LogP contribution in [-0.4, -0.2) is 49.9 Å². The lowest BCUT2D eigenvalue weighted by molar-refractivity contribution is 0.0167. The monoisotopic (exact) mass is 458 g/mol. The van der Waals surface area contributed by atoms with Crippen LogP contribution in [-0.2, 0) is 5.92 Å². The fourth-order valence-electron chi connectivity index (χ4n) is 3.23. The van der Waals surface area contributed by atoms with Crippen LogP contribution in [0, 0.1) is 0 Å². The number of hydrogen-bond donors (Lipinski definition) is 1. The van der Waals surface area contributed by atoms with Crippen molar-refractivity contribution in [1.29, 1.82) is 0 Å². The summed E-state index contributed by atoms with van der Waals surface area (Å²) in [6.45, 7) is 5.40. The van der Waals surface area contributed by atoms with E-state index in [0.29, 0.717) is 30.0 Å². The zero-order valence-electron chi connectivity index (χ0n) is 18.1. The van der Waals surface area contributed by atoms with Crippen LogP contribution in [0.15, 0.2) is 49.1 Å². The molecule has 2 unspecified atom stereocenters. The molecule has 2 atom stereocenters. The van der Waals surface area contributed by atoms with Gasteiger partial charge in [-0.3, -0.25) is 4.79 Å². The molecular weight excluding hydrogens is 433 g/mol. The first-order valence-corrected chi connectivity index (χ1v) is 10.7. The van der Waals surface area contributed by atoms with E-state index in [1.165, 1.54) is 0 Å². The number of carbonyl (C=O) groups excluding carboxylic acids is 1. The van der Waals surface area contributed by atoms with Crippen LogP contribution in [0.3, 0.4) is 0 Å². The molecule has 32 heavy (non-hydrogen) atoms. The number of alkyl halides is 2. The third-order valence-corrected chi connectivity index (χ3v) is 5.45. The summed E-state index contributed by atoms with van der Waals surface area (Å²) in [5.74, 6) is -2.46. The van der Waals surface area contributed by atoms with Crippen molar-refractivity contribution < 1.29 is 13.6 Å². The highest BCUT2D eigenvalue weighted by Gasteiger charge is 2.26. The lowest BCUT2D eigenvalue weighted by atomic mass is 10.0. The number of likely N-dealkylation sites (N-methyl/N-ethyl adjacent to an activating group) is 1. The molecule has 0 saturated carbocycles. The van der Waals surface area contributed by atoms with Crippen LogP contribution < -0.4 is 10.6 Å². The summed E-state index contributed by atoms with van der Waals surface area (Å²) in [5.41, 5.74) is 0.916. The van der Waals surface area contributed by atoms with Crippen molar-refractivity contribution in [2.75, 3.05) is 18.4 Å². The highest BCUT2D eigenvalue weighted by atomic mass is 31.0. The van der Waals surface area contributed by atoms with Gasteiger partial charge < -0.3 is 10.2 Å². The Labute approximate surface area is 187 Å². The largest absolute Gasteiger partial charge is 0.352 e. The SMILES string of the molecule is CCN(C(=O)c1cccc(P)c1-c1ncccn1)C(C)CNc1ncc(C(C)(F)F)cn1. The predicted molar refractivity (Wildman–Crippen MR) is 123 cm³/mol. The standard InChI is InChI=1S/C22H25F2N6OP/c1-4-30(14(2)11-27-21-28-12-15(13-29-21)22(3,23)24)20(31)16-7-5-8-17(32)18(16)19-25-9-6-10-26-19/h5-10,12-14H,4,11,32H2,1-3H3,(H,27,28,29). The number of amides is 1. The molecule has 168 valence electrons. The van der Waals surface area contributed by atoms with E-state index in [9.17, 15) is 13.6 Å². The topological polar surface area (TPSA) is 83.9 Å². The highest BCUT2D eigenvalue weighted by Crippen LogP contribution is 2.26. The molecule has 2 aromatic heterocycles. The van der Waals surface area contributed by atoms with Gasteiger partial charge in [-0.2, -0.15) is 0 Å². The Morgan fingerprint density at radius 1 is 1.16 bits per heavy atom. The van der Waals surface area contributed by atoms with Crippen LogP contribution in [0.5, 0.6) is 0 Å². The Bertz CT molecular complexity index is 1060. The minimum atomic E-state index is -3.00. The van der Waals surface area contributed by atoms with E-state index in [2.05, 4.69) is 34.5 Å². The van der Waals surface area contributed by atoms with E-state index < -0.39 is 5.92 Å². The lowest BCUT2D eigenvalue weighted by Gasteiger charge is -2.29. The molecule has 3 rings (SSSR count). The summed E-state index contributed by atoms with van der Waals surface area (Å²) in [6.07, 6.45) is 5.47. The summed E-state index contributed by atoms with van der Waals surface area (Å²) < 4.78 is 26.7. The Kier molecular flexibility index (Phi) is 7.40. The average molecular weight is 458 g/mol. The summed E-state index contributed by atoms with van der Waals surface area (Å²) in [4.78, 5) is 31.7. The number of anilines is 1. The van der Waals surface area contributed by atoms with Gasteiger partial charge in [-0.1, -0.05) is 12.1 Å². The molecule has 0 aliphatic rings. The van der Waals surface area contributed by atoms with Gasteiger partial charge in [0.1, 0.15) is 0 Å². The Morgan fingerprint density at radius 2 is 1.81 bits per heavy atom. The van der Waals surface area contributed by atoms with Crippen molar-refractivity contribution in [1.82, 2.24) is 24.8 Å². The Morgan fingerprint density at radius 3 is 2.41 bits per heavy atom. The zero-order chi connectivity index (χ0) is 23.3. The number of carbonyl (C=O) groups is 1. The minimum absolute atomic E-state index is 0.157. The van der Waals surface area contributed by atoms with E-state index in [4.69, 9.17) is 0 Å². The first kappa shape index (κ1) is 23.6. The number of benzene rings is 1. The first-order valence-electron chi connectivity index (χ1n) is 10.1. The maximum absolute atomic E-state index is 13.4. The predicted octanol–water partition coefficient (Wildman–Crippen LogP) is 3.51. The quantitative estimate of drug-likeness (QED) is 0.520. The molecule has 0 radical (unpaired) electrons. The second-order valence-electron chi connectivity index (χ2n) is 7.35. The Balaban J connectivity index is 1.77. The molecule has 10 heteroatoms. The lowest BCUT2D eigenvalue weighted by Crippen LogP contribution is -2.42. The molecule has 3 aromatic rings. The molecule has 0 spiro atoms. The molecule has 7 nitrogen and oxygen atoms in total. The van der Waals surface area contributed by atoms with Gasteiger partial charge in [-0.05, 0) is 31.3 Å². The fourth-order valence-corrected chi connectivity index (χ4v) is 3.63. The van der Waals surface area contributed by atoms with Crippen molar-refractivity contribution in [3.05, 3.63) is 60.2 Å². The van der Waals surface area contributed by atoms with Gasteiger partial charge >= 0.3 is 0 Å². The smallest absolute Gasteiger partial charge is 0.273 e. The average Bonchev–Trinajstić information content (AvgIpc) is 2.78.